The predicted octanol–water partition coefficient (Wildman–Crippen LogP) is 2.87. The van der Waals surface area contributed by atoms with Crippen LogP contribution in [0.4, 0.5) is 10.5 Å². The maximum absolute atomic E-state index is 11.9. The van der Waals surface area contributed by atoms with E-state index in [0.29, 0.717) is 0 Å². The van der Waals surface area contributed by atoms with E-state index in [1.165, 1.54) is 0 Å². The van der Waals surface area contributed by atoms with Gasteiger partial charge in [0, 0.05) is 5.69 Å². The normalized spacial score (nSPS) is 12.0. The number of hydrogen-bond donors (Lipinski definition) is 3. The zero-order chi connectivity index (χ0) is 15.1. The summed E-state index contributed by atoms with van der Waals surface area (Å²) in [6, 6.07) is 6.14. The van der Waals surface area contributed by atoms with Gasteiger partial charge in [-0.2, -0.15) is 0 Å². The van der Waals surface area contributed by atoms with E-state index in [2.05, 4.69) is 17.6 Å². The number of amides is 2. The SMILES string of the molecule is CCCc1ccccc1NC(=O)NC(C(=O)O)C(C)C. The first kappa shape index (κ1) is 16.0. The molecule has 1 rings (SSSR count). The standard InChI is InChI=1S/C15H22N2O3/c1-4-7-11-8-5-6-9-12(11)16-15(20)17-13(10(2)3)14(18)19/h5-6,8-10,13H,4,7H2,1-3H3,(H,18,19)(H2,16,17,20). The minimum Gasteiger partial charge on any atom is -0.480 e. The van der Waals surface area contributed by atoms with Crippen molar-refractivity contribution in [3.63, 3.8) is 0 Å². The molecule has 0 aliphatic heterocycles. The molecule has 0 radical (unpaired) electrons. The fourth-order valence-corrected chi connectivity index (χ4v) is 1.94. The fourth-order valence-electron chi connectivity index (χ4n) is 1.94. The fraction of sp³-hybridized carbons (Fsp3) is 0.467. The molecule has 0 saturated carbocycles. The van der Waals surface area contributed by atoms with Crippen LogP contribution >= 0.6 is 0 Å². The van der Waals surface area contributed by atoms with Gasteiger partial charge in [-0.1, -0.05) is 45.4 Å². The molecule has 3 N–H and O–H groups in total. The number of para-hydroxylation sites is 1. The molecule has 1 atom stereocenters. The van der Waals surface area contributed by atoms with Crippen molar-refractivity contribution in [2.24, 2.45) is 5.92 Å². The Kier molecular flexibility index (Phi) is 6.03. The second-order valence-corrected chi connectivity index (χ2v) is 5.07. The first-order valence-corrected chi connectivity index (χ1v) is 6.84. The van der Waals surface area contributed by atoms with Crippen LogP contribution < -0.4 is 10.6 Å². The number of anilines is 1. The van der Waals surface area contributed by atoms with Gasteiger partial charge >= 0.3 is 12.0 Å². The van der Waals surface area contributed by atoms with Crippen molar-refractivity contribution < 1.29 is 14.7 Å². The molecule has 110 valence electrons. The summed E-state index contributed by atoms with van der Waals surface area (Å²) in [5, 5.41) is 14.3. The Morgan fingerprint density at radius 2 is 1.90 bits per heavy atom. The third-order valence-corrected chi connectivity index (χ3v) is 3.00. The number of carbonyl (C=O) groups excluding carboxylic acids is 1. The van der Waals surface area contributed by atoms with Crippen LogP contribution in [-0.2, 0) is 11.2 Å². The van der Waals surface area contributed by atoms with E-state index < -0.39 is 18.0 Å². The van der Waals surface area contributed by atoms with Gasteiger partial charge in [0.25, 0.3) is 0 Å². The second-order valence-electron chi connectivity index (χ2n) is 5.07. The number of aliphatic carboxylic acids is 1. The molecule has 20 heavy (non-hydrogen) atoms. The number of nitrogens with one attached hydrogen (secondary N) is 2. The predicted molar refractivity (Wildman–Crippen MR) is 78.9 cm³/mol. The van der Waals surface area contributed by atoms with E-state index in [4.69, 9.17) is 5.11 Å². The van der Waals surface area contributed by atoms with Crippen LogP contribution in [0.3, 0.4) is 0 Å². The molecule has 0 fully saturated rings. The second kappa shape index (κ2) is 7.53. The van der Waals surface area contributed by atoms with Crippen LogP contribution in [0.2, 0.25) is 0 Å². The number of carboxylic acids is 1. The smallest absolute Gasteiger partial charge is 0.326 e. The lowest BCUT2D eigenvalue weighted by Gasteiger charge is -2.19. The van der Waals surface area contributed by atoms with Crippen molar-refractivity contribution >= 4 is 17.7 Å². The van der Waals surface area contributed by atoms with Gasteiger partial charge in [0.1, 0.15) is 6.04 Å². The molecular formula is C15H22N2O3. The minimum atomic E-state index is -1.03. The first-order valence-electron chi connectivity index (χ1n) is 6.84. The lowest BCUT2D eigenvalue weighted by molar-refractivity contribution is -0.140. The van der Waals surface area contributed by atoms with E-state index in [0.717, 1.165) is 24.1 Å². The third-order valence-electron chi connectivity index (χ3n) is 3.00. The summed E-state index contributed by atoms with van der Waals surface area (Å²) in [5.41, 5.74) is 1.77. The number of rotatable bonds is 6. The highest BCUT2D eigenvalue weighted by molar-refractivity contribution is 5.92. The average Bonchev–Trinajstić information content (AvgIpc) is 2.38. The van der Waals surface area contributed by atoms with Gasteiger partial charge in [-0.25, -0.2) is 9.59 Å². The molecule has 0 bridgehead atoms. The molecule has 2 amide bonds. The maximum atomic E-state index is 11.9. The summed E-state index contributed by atoms with van der Waals surface area (Å²) in [6.45, 7) is 5.57. The Hall–Kier alpha value is -2.04. The molecular weight excluding hydrogens is 256 g/mol. The molecule has 1 aromatic rings. The van der Waals surface area contributed by atoms with Crippen LogP contribution in [0.15, 0.2) is 24.3 Å². The summed E-state index contributed by atoms with van der Waals surface area (Å²) in [6.07, 6.45) is 1.84. The Morgan fingerprint density at radius 1 is 1.25 bits per heavy atom. The molecule has 0 aliphatic carbocycles. The molecule has 0 heterocycles. The topological polar surface area (TPSA) is 78.4 Å². The van der Waals surface area contributed by atoms with Crippen LogP contribution in [0.5, 0.6) is 0 Å². The summed E-state index contributed by atoms with van der Waals surface area (Å²) >= 11 is 0. The van der Waals surface area contributed by atoms with Crippen molar-refractivity contribution in [1.82, 2.24) is 5.32 Å². The van der Waals surface area contributed by atoms with E-state index in [9.17, 15) is 9.59 Å². The van der Waals surface area contributed by atoms with E-state index in [1.54, 1.807) is 13.8 Å². The van der Waals surface area contributed by atoms with Gasteiger partial charge in [-0.3, -0.25) is 0 Å². The molecule has 1 aromatic carbocycles. The molecule has 0 aromatic heterocycles. The van der Waals surface area contributed by atoms with Crippen molar-refractivity contribution in [3.8, 4) is 0 Å². The Bertz CT molecular complexity index is 472. The van der Waals surface area contributed by atoms with Gasteiger partial charge in [0.05, 0.1) is 0 Å². The van der Waals surface area contributed by atoms with Crippen molar-refractivity contribution in [1.29, 1.82) is 0 Å². The Morgan fingerprint density at radius 3 is 2.45 bits per heavy atom. The summed E-state index contributed by atoms with van der Waals surface area (Å²) in [4.78, 5) is 23.0. The molecule has 5 nitrogen and oxygen atoms in total. The molecule has 1 unspecified atom stereocenters. The van der Waals surface area contributed by atoms with Gasteiger partial charge in [-0.05, 0) is 24.0 Å². The summed E-state index contributed by atoms with van der Waals surface area (Å²) in [5.74, 6) is -1.21. The molecule has 0 saturated heterocycles. The third kappa shape index (κ3) is 4.57. The lowest BCUT2D eigenvalue weighted by Crippen LogP contribution is -2.46. The van der Waals surface area contributed by atoms with E-state index in [-0.39, 0.29) is 5.92 Å². The highest BCUT2D eigenvalue weighted by Crippen LogP contribution is 2.16. The zero-order valence-corrected chi connectivity index (χ0v) is 12.1. The Balaban J connectivity index is 2.73. The molecule has 5 heteroatoms. The first-order chi connectivity index (χ1) is 9.45. The molecule has 0 spiro atoms. The van der Waals surface area contributed by atoms with Crippen LogP contribution in [0, 0.1) is 5.92 Å². The quantitative estimate of drug-likeness (QED) is 0.748. The van der Waals surface area contributed by atoms with Gasteiger partial charge < -0.3 is 15.7 Å². The number of aryl methyl sites for hydroxylation is 1. The average molecular weight is 278 g/mol. The highest BCUT2D eigenvalue weighted by Gasteiger charge is 2.23. The number of carbonyl (C=O) groups is 2. The largest absolute Gasteiger partial charge is 0.480 e. The summed E-state index contributed by atoms with van der Waals surface area (Å²) < 4.78 is 0. The maximum Gasteiger partial charge on any atom is 0.326 e. The van der Waals surface area contributed by atoms with Crippen molar-refractivity contribution in [2.45, 2.75) is 39.7 Å². The zero-order valence-electron chi connectivity index (χ0n) is 12.1. The van der Waals surface area contributed by atoms with Crippen LogP contribution in [-0.4, -0.2) is 23.1 Å². The van der Waals surface area contributed by atoms with E-state index >= 15 is 0 Å². The van der Waals surface area contributed by atoms with Gasteiger partial charge in [0.15, 0.2) is 0 Å². The highest BCUT2D eigenvalue weighted by atomic mass is 16.4. The Labute approximate surface area is 119 Å². The number of hydrogen-bond acceptors (Lipinski definition) is 2. The number of urea groups is 1. The monoisotopic (exact) mass is 278 g/mol. The minimum absolute atomic E-state index is 0.177. The number of carboxylic acid groups (broad SMARTS) is 1. The van der Waals surface area contributed by atoms with Crippen molar-refractivity contribution in [3.05, 3.63) is 29.8 Å². The van der Waals surface area contributed by atoms with Crippen LogP contribution in [0.1, 0.15) is 32.8 Å². The molecule has 0 aliphatic rings. The summed E-state index contributed by atoms with van der Waals surface area (Å²) in [7, 11) is 0. The van der Waals surface area contributed by atoms with E-state index in [1.807, 2.05) is 24.3 Å². The lowest BCUT2D eigenvalue weighted by atomic mass is 10.1. The van der Waals surface area contributed by atoms with Gasteiger partial charge in [0.2, 0.25) is 0 Å². The van der Waals surface area contributed by atoms with Crippen molar-refractivity contribution in [2.75, 3.05) is 5.32 Å². The number of benzene rings is 1. The van der Waals surface area contributed by atoms with Crippen LogP contribution in [0.25, 0.3) is 0 Å². The van der Waals surface area contributed by atoms with Gasteiger partial charge in [-0.15, -0.1) is 0 Å².